The summed E-state index contributed by atoms with van der Waals surface area (Å²) < 4.78 is 11.4. The fraction of sp³-hybridized carbons (Fsp3) is 0.333. The minimum absolute atomic E-state index is 0.312. The maximum absolute atomic E-state index is 5.77. The lowest BCUT2D eigenvalue weighted by molar-refractivity contribution is 0.173. The predicted octanol–water partition coefficient (Wildman–Crippen LogP) is 2.03. The van der Waals surface area contributed by atoms with Crippen LogP contribution in [0.1, 0.15) is 19.4 Å². The molecular formula is C12H15BO2. The van der Waals surface area contributed by atoms with Gasteiger partial charge in [-0.05, 0) is 26.2 Å². The van der Waals surface area contributed by atoms with E-state index in [1.54, 1.807) is 0 Å². The van der Waals surface area contributed by atoms with Crippen LogP contribution in [0, 0.1) is 6.92 Å². The van der Waals surface area contributed by atoms with Crippen molar-refractivity contribution in [2.24, 2.45) is 0 Å². The normalized spacial score (nSPS) is 19.1. The van der Waals surface area contributed by atoms with Crippen LogP contribution in [0.2, 0.25) is 0 Å². The zero-order chi connectivity index (χ0) is 11.1. The Morgan fingerprint density at radius 3 is 2.27 bits per heavy atom. The second-order valence-corrected chi connectivity index (χ2v) is 4.41. The molecule has 1 heterocycles. The van der Waals surface area contributed by atoms with Gasteiger partial charge in [-0.3, -0.25) is 0 Å². The lowest BCUT2D eigenvalue weighted by Crippen LogP contribution is -2.34. The summed E-state index contributed by atoms with van der Waals surface area (Å²) >= 11 is 0. The van der Waals surface area contributed by atoms with Gasteiger partial charge < -0.3 is 9.31 Å². The number of rotatable bonds is 1. The Balaban J connectivity index is 2.21. The number of hydrogen-bond donors (Lipinski definition) is 0. The van der Waals surface area contributed by atoms with Gasteiger partial charge in [0, 0.05) is 0 Å². The van der Waals surface area contributed by atoms with E-state index < -0.39 is 5.60 Å². The molecule has 2 rings (SSSR count). The number of benzene rings is 1. The first-order valence-corrected chi connectivity index (χ1v) is 5.09. The third-order valence-electron chi connectivity index (χ3n) is 2.67. The molecule has 3 heteroatoms. The van der Waals surface area contributed by atoms with Crippen molar-refractivity contribution >= 4 is 12.6 Å². The monoisotopic (exact) mass is 202 g/mol. The first kappa shape index (κ1) is 10.3. The van der Waals surface area contributed by atoms with Crippen molar-refractivity contribution < 1.29 is 9.31 Å². The van der Waals surface area contributed by atoms with E-state index in [0.29, 0.717) is 5.76 Å². The topological polar surface area (TPSA) is 18.5 Å². The van der Waals surface area contributed by atoms with Crippen molar-refractivity contribution in [3.63, 3.8) is 0 Å². The maximum atomic E-state index is 5.77. The van der Waals surface area contributed by atoms with Gasteiger partial charge in [0.2, 0.25) is 0 Å². The fourth-order valence-corrected chi connectivity index (χ4v) is 1.49. The van der Waals surface area contributed by atoms with Crippen molar-refractivity contribution in [2.75, 3.05) is 0 Å². The van der Waals surface area contributed by atoms with Gasteiger partial charge in [-0.15, -0.1) is 0 Å². The van der Waals surface area contributed by atoms with Crippen molar-refractivity contribution in [2.45, 2.75) is 26.4 Å². The van der Waals surface area contributed by atoms with Crippen LogP contribution in [0.4, 0.5) is 0 Å². The lowest BCUT2D eigenvalue weighted by Gasteiger charge is -2.15. The van der Waals surface area contributed by atoms with Crippen LogP contribution in [-0.2, 0) is 9.31 Å². The molecule has 0 atom stereocenters. The van der Waals surface area contributed by atoms with Gasteiger partial charge in [-0.1, -0.05) is 36.4 Å². The molecule has 1 aromatic rings. The van der Waals surface area contributed by atoms with Gasteiger partial charge in [0.25, 0.3) is 0 Å². The highest BCUT2D eigenvalue weighted by molar-refractivity contribution is 6.62. The highest BCUT2D eigenvalue weighted by Gasteiger charge is 2.42. The second kappa shape index (κ2) is 3.42. The summed E-state index contributed by atoms with van der Waals surface area (Å²) in [4.78, 5) is 0. The summed E-state index contributed by atoms with van der Waals surface area (Å²) in [5, 5.41) is 0. The van der Waals surface area contributed by atoms with Crippen molar-refractivity contribution in [1.82, 2.24) is 0 Å². The fourth-order valence-electron chi connectivity index (χ4n) is 1.49. The molecular weight excluding hydrogens is 187 g/mol. The van der Waals surface area contributed by atoms with E-state index in [-0.39, 0.29) is 7.12 Å². The zero-order valence-electron chi connectivity index (χ0n) is 9.41. The van der Waals surface area contributed by atoms with E-state index in [1.165, 1.54) is 5.56 Å². The summed E-state index contributed by atoms with van der Waals surface area (Å²) in [7, 11) is -0.312. The van der Waals surface area contributed by atoms with E-state index in [1.807, 2.05) is 26.0 Å². The molecule has 15 heavy (non-hydrogen) atoms. The Morgan fingerprint density at radius 2 is 1.80 bits per heavy atom. The largest absolute Gasteiger partial charge is 0.563 e. The van der Waals surface area contributed by atoms with E-state index in [4.69, 9.17) is 9.31 Å². The Labute approximate surface area is 91.0 Å². The number of hydrogen-bond acceptors (Lipinski definition) is 2. The molecule has 78 valence electrons. The minimum atomic E-state index is -0.393. The first-order valence-electron chi connectivity index (χ1n) is 5.09. The average Bonchev–Trinajstić information content (AvgIpc) is 2.42. The highest BCUT2D eigenvalue weighted by atomic mass is 16.7. The van der Waals surface area contributed by atoms with Gasteiger partial charge in [-0.25, -0.2) is 0 Å². The quantitative estimate of drug-likeness (QED) is 0.648. The van der Waals surface area contributed by atoms with E-state index >= 15 is 0 Å². The van der Waals surface area contributed by atoms with Crippen molar-refractivity contribution in [3.05, 3.63) is 42.2 Å². The van der Waals surface area contributed by atoms with E-state index in [2.05, 4.69) is 25.6 Å². The Kier molecular flexibility index (Phi) is 2.35. The number of aryl methyl sites for hydroxylation is 1. The SMILES string of the molecule is C=C1OB(c2ccc(C)cc2)OC1(C)C. The van der Waals surface area contributed by atoms with E-state index in [9.17, 15) is 0 Å². The molecule has 0 radical (unpaired) electrons. The molecule has 1 aromatic carbocycles. The van der Waals surface area contributed by atoms with Crippen LogP contribution >= 0.6 is 0 Å². The molecule has 1 fully saturated rings. The van der Waals surface area contributed by atoms with Gasteiger partial charge in [0.15, 0.2) is 0 Å². The first-order chi connectivity index (χ1) is 6.99. The molecule has 0 aliphatic carbocycles. The smallest absolute Gasteiger partial charge is 0.534 e. The molecule has 0 N–H and O–H groups in total. The second-order valence-electron chi connectivity index (χ2n) is 4.41. The van der Waals surface area contributed by atoms with Gasteiger partial charge >= 0.3 is 7.12 Å². The summed E-state index contributed by atoms with van der Waals surface area (Å²) in [6.45, 7) is 9.84. The Morgan fingerprint density at radius 1 is 1.20 bits per heavy atom. The summed E-state index contributed by atoms with van der Waals surface area (Å²) in [5.74, 6) is 0.688. The molecule has 1 aliphatic heterocycles. The Bertz CT molecular complexity index is 381. The summed E-state index contributed by atoms with van der Waals surface area (Å²) in [6.07, 6.45) is 0. The van der Waals surface area contributed by atoms with Crippen molar-refractivity contribution in [3.8, 4) is 0 Å². The molecule has 0 bridgehead atoms. The molecule has 0 aromatic heterocycles. The van der Waals surface area contributed by atoms with Crippen LogP contribution in [0.25, 0.3) is 0 Å². The molecule has 0 amide bonds. The highest BCUT2D eigenvalue weighted by Crippen LogP contribution is 2.28. The average molecular weight is 202 g/mol. The lowest BCUT2D eigenvalue weighted by atomic mass is 9.79. The third kappa shape index (κ3) is 1.93. The standard InChI is InChI=1S/C12H15BO2/c1-9-5-7-11(8-6-9)13-14-10(2)12(3,4)15-13/h5-8H,2H2,1,3-4H3. The van der Waals surface area contributed by atoms with Crippen LogP contribution in [0.15, 0.2) is 36.6 Å². The van der Waals surface area contributed by atoms with Crippen LogP contribution < -0.4 is 5.46 Å². The summed E-state index contributed by atoms with van der Waals surface area (Å²) in [5.41, 5.74) is 1.87. The molecule has 1 aliphatic rings. The van der Waals surface area contributed by atoms with Crippen LogP contribution in [0.5, 0.6) is 0 Å². The molecule has 1 saturated heterocycles. The minimum Gasteiger partial charge on any atom is -0.534 e. The Hall–Kier alpha value is -1.22. The third-order valence-corrected chi connectivity index (χ3v) is 2.67. The van der Waals surface area contributed by atoms with Crippen molar-refractivity contribution in [1.29, 1.82) is 0 Å². The van der Waals surface area contributed by atoms with Gasteiger partial charge in [0.05, 0.1) is 5.76 Å². The van der Waals surface area contributed by atoms with E-state index in [0.717, 1.165) is 5.46 Å². The molecule has 2 nitrogen and oxygen atoms in total. The zero-order valence-corrected chi connectivity index (χ0v) is 9.41. The van der Waals surface area contributed by atoms with Gasteiger partial charge in [-0.2, -0.15) is 0 Å². The summed E-state index contributed by atoms with van der Waals surface area (Å²) in [6, 6.07) is 8.15. The maximum Gasteiger partial charge on any atom is 0.563 e. The van der Waals surface area contributed by atoms with Crippen LogP contribution in [0.3, 0.4) is 0 Å². The molecule has 0 unspecified atom stereocenters. The molecule has 0 spiro atoms. The van der Waals surface area contributed by atoms with Crippen LogP contribution in [-0.4, -0.2) is 12.7 Å². The molecule has 0 saturated carbocycles. The van der Waals surface area contributed by atoms with Gasteiger partial charge in [0.1, 0.15) is 5.60 Å². The predicted molar refractivity (Wildman–Crippen MR) is 62.0 cm³/mol.